The standard InChI is InChI=1S/C18H17N3O3S/c1-24-18(23)16-13-3-2-4-14(13)25-17(16)21-15(22)10-20-12-7-5-11(9-19)6-8-12/h5-8,20H,2-4,10H2,1H3,(H,21,22). The van der Waals surface area contributed by atoms with Gasteiger partial charge >= 0.3 is 5.97 Å². The van der Waals surface area contributed by atoms with Crippen molar-refractivity contribution in [2.24, 2.45) is 0 Å². The first-order valence-electron chi connectivity index (χ1n) is 7.89. The number of fused-ring (bicyclic) bond motifs is 1. The zero-order valence-electron chi connectivity index (χ0n) is 13.7. The summed E-state index contributed by atoms with van der Waals surface area (Å²) < 4.78 is 4.87. The van der Waals surface area contributed by atoms with E-state index in [9.17, 15) is 9.59 Å². The summed E-state index contributed by atoms with van der Waals surface area (Å²) in [5, 5.41) is 15.1. The Labute approximate surface area is 149 Å². The number of amides is 1. The number of anilines is 2. The van der Waals surface area contributed by atoms with Crippen LogP contribution in [0.1, 0.15) is 32.8 Å². The Kier molecular flexibility index (Phi) is 5.00. The first-order valence-corrected chi connectivity index (χ1v) is 8.70. The van der Waals surface area contributed by atoms with Gasteiger partial charge in [0.2, 0.25) is 5.91 Å². The number of rotatable bonds is 5. The molecule has 1 amide bonds. The van der Waals surface area contributed by atoms with Crippen molar-refractivity contribution in [3.8, 4) is 6.07 Å². The van der Waals surface area contributed by atoms with Gasteiger partial charge in [0, 0.05) is 10.6 Å². The van der Waals surface area contributed by atoms with Gasteiger partial charge in [0.05, 0.1) is 30.9 Å². The summed E-state index contributed by atoms with van der Waals surface area (Å²) in [6.45, 7) is 0.0646. The SMILES string of the molecule is COC(=O)c1c(NC(=O)CNc2ccc(C#N)cc2)sc2c1CCC2. The second-order valence-corrected chi connectivity index (χ2v) is 6.75. The van der Waals surface area contributed by atoms with Crippen LogP contribution in [0.25, 0.3) is 0 Å². The molecule has 0 bridgehead atoms. The predicted molar refractivity (Wildman–Crippen MR) is 96.0 cm³/mol. The molecule has 0 spiro atoms. The molecule has 2 aromatic rings. The van der Waals surface area contributed by atoms with Crippen molar-refractivity contribution in [3.05, 3.63) is 45.8 Å². The average Bonchev–Trinajstić information content (AvgIpc) is 3.20. The molecule has 0 saturated heterocycles. The fourth-order valence-electron chi connectivity index (χ4n) is 2.83. The molecule has 1 aromatic carbocycles. The van der Waals surface area contributed by atoms with Crippen LogP contribution in [0.15, 0.2) is 24.3 Å². The summed E-state index contributed by atoms with van der Waals surface area (Å²) in [4.78, 5) is 25.4. The molecule has 0 aliphatic heterocycles. The number of ether oxygens (including phenoxy) is 1. The monoisotopic (exact) mass is 355 g/mol. The van der Waals surface area contributed by atoms with Crippen LogP contribution in [0.5, 0.6) is 0 Å². The first-order chi connectivity index (χ1) is 12.1. The third kappa shape index (κ3) is 3.64. The molecule has 2 N–H and O–H groups in total. The van der Waals surface area contributed by atoms with Crippen molar-refractivity contribution in [1.82, 2.24) is 0 Å². The van der Waals surface area contributed by atoms with E-state index < -0.39 is 5.97 Å². The van der Waals surface area contributed by atoms with Crippen molar-refractivity contribution in [1.29, 1.82) is 5.26 Å². The molecule has 1 heterocycles. The van der Waals surface area contributed by atoms with E-state index >= 15 is 0 Å². The number of nitriles is 1. The topological polar surface area (TPSA) is 91.2 Å². The Balaban J connectivity index is 1.67. The van der Waals surface area contributed by atoms with Gasteiger partial charge in [0.15, 0.2) is 0 Å². The van der Waals surface area contributed by atoms with Crippen molar-refractivity contribution in [3.63, 3.8) is 0 Å². The first kappa shape index (κ1) is 17.0. The third-order valence-corrected chi connectivity index (χ3v) is 5.24. The molecular weight excluding hydrogens is 338 g/mol. The zero-order valence-corrected chi connectivity index (χ0v) is 14.5. The Morgan fingerprint density at radius 3 is 2.72 bits per heavy atom. The highest BCUT2D eigenvalue weighted by atomic mass is 32.1. The van der Waals surface area contributed by atoms with E-state index in [-0.39, 0.29) is 12.5 Å². The fourth-order valence-corrected chi connectivity index (χ4v) is 4.12. The van der Waals surface area contributed by atoms with Gasteiger partial charge in [0.1, 0.15) is 5.00 Å². The lowest BCUT2D eigenvalue weighted by Gasteiger charge is -2.09. The number of methoxy groups -OCH3 is 1. The molecule has 0 radical (unpaired) electrons. The smallest absolute Gasteiger partial charge is 0.341 e. The summed E-state index contributed by atoms with van der Waals surface area (Å²) in [6.07, 6.45) is 2.80. The number of hydrogen-bond donors (Lipinski definition) is 2. The zero-order chi connectivity index (χ0) is 17.8. The van der Waals surface area contributed by atoms with Crippen molar-refractivity contribution in [2.45, 2.75) is 19.3 Å². The number of aryl methyl sites for hydroxylation is 1. The van der Waals surface area contributed by atoms with E-state index in [0.717, 1.165) is 35.4 Å². The molecule has 7 heteroatoms. The van der Waals surface area contributed by atoms with Gasteiger partial charge < -0.3 is 15.4 Å². The van der Waals surface area contributed by atoms with Crippen LogP contribution in [0.2, 0.25) is 0 Å². The van der Waals surface area contributed by atoms with E-state index in [4.69, 9.17) is 10.00 Å². The van der Waals surface area contributed by atoms with Gasteiger partial charge in [-0.25, -0.2) is 4.79 Å². The molecule has 0 saturated carbocycles. The lowest BCUT2D eigenvalue weighted by atomic mass is 10.1. The van der Waals surface area contributed by atoms with Gasteiger partial charge in [-0.05, 0) is 49.1 Å². The fraction of sp³-hybridized carbons (Fsp3) is 0.278. The number of nitrogens with one attached hydrogen (secondary N) is 2. The van der Waals surface area contributed by atoms with Crippen molar-refractivity contribution < 1.29 is 14.3 Å². The predicted octanol–water partition coefficient (Wildman–Crippen LogP) is 2.95. The minimum atomic E-state index is -0.408. The Morgan fingerprint density at radius 1 is 1.28 bits per heavy atom. The number of esters is 1. The lowest BCUT2D eigenvalue weighted by Crippen LogP contribution is -2.22. The summed E-state index contributed by atoms with van der Waals surface area (Å²) in [5.41, 5.74) is 2.81. The Bertz CT molecular complexity index is 850. The second kappa shape index (κ2) is 7.36. The molecule has 1 aromatic heterocycles. The normalized spacial score (nSPS) is 12.2. The van der Waals surface area contributed by atoms with Crippen LogP contribution in [0, 0.1) is 11.3 Å². The molecule has 1 aliphatic rings. The molecular formula is C18H17N3O3S. The van der Waals surface area contributed by atoms with E-state index in [2.05, 4.69) is 10.6 Å². The number of nitrogens with zero attached hydrogens (tertiary/aromatic N) is 1. The van der Waals surface area contributed by atoms with Crippen molar-refractivity contribution in [2.75, 3.05) is 24.3 Å². The van der Waals surface area contributed by atoms with Gasteiger partial charge in [-0.2, -0.15) is 5.26 Å². The maximum absolute atomic E-state index is 12.2. The van der Waals surface area contributed by atoms with E-state index in [0.29, 0.717) is 16.1 Å². The number of carbonyl (C=O) groups excluding carboxylic acids is 2. The molecule has 0 atom stereocenters. The summed E-state index contributed by atoms with van der Waals surface area (Å²) in [5.74, 6) is -0.649. The van der Waals surface area contributed by atoms with Crippen LogP contribution in [-0.2, 0) is 22.4 Å². The lowest BCUT2D eigenvalue weighted by molar-refractivity contribution is -0.114. The molecule has 128 valence electrons. The largest absolute Gasteiger partial charge is 0.465 e. The molecule has 3 rings (SSSR count). The summed E-state index contributed by atoms with van der Waals surface area (Å²) in [7, 11) is 1.35. The quantitative estimate of drug-likeness (QED) is 0.805. The number of hydrogen-bond acceptors (Lipinski definition) is 6. The number of carbonyl (C=O) groups is 2. The molecule has 25 heavy (non-hydrogen) atoms. The highest BCUT2D eigenvalue weighted by Crippen LogP contribution is 2.39. The maximum Gasteiger partial charge on any atom is 0.341 e. The second-order valence-electron chi connectivity index (χ2n) is 5.64. The van der Waals surface area contributed by atoms with Gasteiger partial charge in [-0.1, -0.05) is 0 Å². The van der Waals surface area contributed by atoms with E-state index in [1.54, 1.807) is 24.3 Å². The minimum absolute atomic E-state index is 0.0646. The Morgan fingerprint density at radius 2 is 2.04 bits per heavy atom. The molecule has 0 unspecified atom stereocenters. The van der Waals surface area contributed by atoms with Crippen LogP contribution in [0.4, 0.5) is 10.7 Å². The van der Waals surface area contributed by atoms with Gasteiger partial charge in [-0.15, -0.1) is 11.3 Å². The van der Waals surface area contributed by atoms with Crippen molar-refractivity contribution >= 4 is 33.9 Å². The van der Waals surface area contributed by atoms with E-state index in [1.807, 2.05) is 6.07 Å². The summed E-state index contributed by atoms with van der Waals surface area (Å²) in [6, 6.07) is 8.89. The minimum Gasteiger partial charge on any atom is -0.465 e. The maximum atomic E-state index is 12.2. The molecule has 0 fully saturated rings. The number of thiophene rings is 1. The number of benzene rings is 1. The molecule has 1 aliphatic carbocycles. The van der Waals surface area contributed by atoms with Gasteiger partial charge in [0.25, 0.3) is 0 Å². The summed E-state index contributed by atoms with van der Waals surface area (Å²) >= 11 is 1.45. The Hall–Kier alpha value is -2.85. The van der Waals surface area contributed by atoms with Gasteiger partial charge in [-0.3, -0.25) is 4.79 Å². The van der Waals surface area contributed by atoms with Crippen LogP contribution in [0.3, 0.4) is 0 Å². The molecule has 6 nitrogen and oxygen atoms in total. The average molecular weight is 355 g/mol. The van der Waals surface area contributed by atoms with E-state index in [1.165, 1.54) is 18.4 Å². The highest BCUT2D eigenvalue weighted by molar-refractivity contribution is 7.17. The van der Waals surface area contributed by atoms with Crippen LogP contribution in [-0.4, -0.2) is 25.5 Å². The third-order valence-electron chi connectivity index (χ3n) is 4.03. The highest BCUT2D eigenvalue weighted by Gasteiger charge is 2.27. The van der Waals surface area contributed by atoms with Crippen LogP contribution < -0.4 is 10.6 Å². The van der Waals surface area contributed by atoms with Crippen LogP contribution >= 0.6 is 11.3 Å².